The Labute approximate surface area is 102 Å². The summed E-state index contributed by atoms with van der Waals surface area (Å²) in [4.78, 5) is 0. The van der Waals surface area contributed by atoms with Crippen LogP contribution in [0.5, 0.6) is 0 Å². The molecule has 2 heteroatoms. The van der Waals surface area contributed by atoms with Crippen LogP contribution in [0.4, 0.5) is 0 Å². The molecule has 0 aromatic heterocycles. The Morgan fingerprint density at radius 2 is 1.56 bits per heavy atom. The fourth-order valence-electron chi connectivity index (χ4n) is 1.98. The van der Waals surface area contributed by atoms with E-state index in [9.17, 15) is 0 Å². The predicted molar refractivity (Wildman–Crippen MR) is 73.7 cm³/mol. The summed E-state index contributed by atoms with van der Waals surface area (Å²) in [5.41, 5.74) is 6.03. The van der Waals surface area contributed by atoms with E-state index in [1.807, 2.05) is 0 Å². The van der Waals surface area contributed by atoms with Crippen molar-refractivity contribution in [1.29, 1.82) is 0 Å². The summed E-state index contributed by atoms with van der Waals surface area (Å²) in [6.07, 6.45) is 9.00. The van der Waals surface area contributed by atoms with Gasteiger partial charge in [0, 0.05) is 12.6 Å². The molecule has 2 unspecified atom stereocenters. The Morgan fingerprint density at radius 1 is 0.938 bits per heavy atom. The van der Waals surface area contributed by atoms with Crippen molar-refractivity contribution in [1.82, 2.24) is 5.32 Å². The first kappa shape index (κ1) is 15.9. The van der Waals surface area contributed by atoms with Crippen molar-refractivity contribution < 1.29 is 0 Å². The normalized spacial score (nSPS) is 15.0. The van der Waals surface area contributed by atoms with E-state index in [4.69, 9.17) is 5.73 Å². The topological polar surface area (TPSA) is 38.0 Å². The summed E-state index contributed by atoms with van der Waals surface area (Å²) in [6.45, 7) is 8.91. The monoisotopic (exact) mass is 228 g/mol. The molecule has 16 heavy (non-hydrogen) atoms. The van der Waals surface area contributed by atoms with Crippen LogP contribution in [-0.2, 0) is 0 Å². The molecular formula is C14H32N2. The molecular weight excluding hydrogens is 196 g/mol. The first-order valence-corrected chi connectivity index (χ1v) is 7.20. The third-order valence-electron chi connectivity index (χ3n) is 3.31. The molecule has 0 aliphatic rings. The molecule has 0 fully saturated rings. The summed E-state index contributed by atoms with van der Waals surface area (Å²) < 4.78 is 0. The van der Waals surface area contributed by atoms with Crippen LogP contribution in [-0.4, -0.2) is 19.1 Å². The molecule has 0 aliphatic carbocycles. The Morgan fingerprint density at radius 3 is 2.12 bits per heavy atom. The summed E-state index contributed by atoms with van der Waals surface area (Å²) in [6, 6.07) is 0.351. The highest BCUT2D eigenvalue weighted by Gasteiger charge is 2.06. The second kappa shape index (κ2) is 11.4. The minimum Gasteiger partial charge on any atom is -0.327 e. The standard InChI is InChI=1S/C14H32N2/c1-4-7-9-13(6-3)11-16-12-14(15)10-8-5-2/h13-14,16H,4-12,15H2,1-3H3. The van der Waals surface area contributed by atoms with Crippen molar-refractivity contribution in [3.8, 4) is 0 Å². The Bertz CT molecular complexity index is 137. The zero-order valence-electron chi connectivity index (χ0n) is 11.6. The van der Waals surface area contributed by atoms with E-state index in [-0.39, 0.29) is 0 Å². The summed E-state index contributed by atoms with van der Waals surface area (Å²) in [7, 11) is 0. The van der Waals surface area contributed by atoms with Crippen molar-refractivity contribution in [3.05, 3.63) is 0 Å². The molecule has 0 aromatic rings. The van der Waals surface area contributed by atoms with Gasteiger partial charge in [-0.25, -0.2) is 0 Å². The molecule has 0 amide bonds. The highest BCUT2D eigenvalue weighted by molar-refractivity contribution is 4.67. The van der Waals surface area contributed by atoms with Crippen molar-refractivity contribution in [2.45, 2.75) is 71.8 Å². The van der Waals surface area contributed by atoms with E-state index >= 15 is 0 Å². The van der Waals surface area contributed by atoms with E-state index in [0.29, 0.717) is 6.04 Å². The fraction of sp³-hybridized carbons (Fsp3) is 1.00. The number of hydrogen-bond acceptors (Lipinski definition) is 2. The van der Waals surface area contributed by atoms with Gasteiger partial charge in [0.2, 0.25) is 0 Å². The van der Waals surface area contributed by atoms with Gasteiger partial charge in [-0.15, -0.1) is 0 Å². The van der Waals surface area contributed by atoms with Gasteiger partial charge >= 0.3 is 0 Å². The number of hydrogen-bond donors (Lipinski definition) is 2. The van der Waals surface area contributed by atoms with Crippen molar-refractivity contribution in [2.75, 3.05) is 13.1 Å². The molecule has 0 rings (SSSR count). The van der Waals surface area contributed by atoms with Gasteiger partial charge in [0.15, 0.2) is 0 Å². The average molecular weight is 228 g/mol. The predicted octanol–water partition coefficient (Wildman–Crippen LogP) is 3.31. The van der Waals surface area contributed by atoms with Crippen LogP contribution < -0.4 is 11.1 Å². The van der Waals surface area contributed by atoms with E-state index in [1.165, 1.54) is 38.5 Å². The van der Waals surface area contributed by atoms with Gasteiger partial charge in [0.05, 0.1) is 0 Å². The molecule has 2 atom stereocenters. The van der Waals surface area contributed by atoms with Crippen LogP contribution in [0.2, 0.25) is 0 Å². The lowest BCUT2D eigenvalue weighted by Crippen LogP contribution is -2.36. The number of rotatable bonds is 11. The fourth-order valence-corrected chi connectivity index (χ4v) is 1.98. The molecule has 0 saturated carbocycles. The molecule has 0 radical (unpaired) electrons. The molecule has 3 N–H and O–H groups in total. The van der Waals surface area contributed by atoms with Crippen molar-refractivity contribution in [3.63, 3.8) is 0 Å². The minimum absolute atomic E-state index is 0.351. The highest BCUT2D eigenvalue weighted by Crippen LogP contribution is 2.11. The maximum atomic E-state index is 6.03. The third-order valence-corrected chi connectivity index (χ3v) is 3.31. The SMILES string of the molecule is CCCCC(N)CNCC(CC)CCCC. The van der Waals surface area contributed by atoms with Gasteiger partial charge in [-0.3, -0.25) is 0 Å². The smallest absolute Gasteiger partial charge is 0.0165 e. The van der Waals surface area contributed by atoms with E-state index < -0.39 is 0 Å². The first-order valence-electron chi connectivity index (χ1n) is 7.20. The van der Waals surface area contributed by atoms with Crippen LogP contribution in [0.1, 0.15) is 65.7 Å². The van der Waals surface area contributed by atoms with Crippen LogP contribution in [0, 0.1) is 5.92 Å². The molecule has 2 nitrogen and oxygen atoms in total. The molecule has 0 saturated heterocycles. The molecule has 98 valence electrons. The van der Waals surface area contributed by atoms with Crippen LogP contribution in [0.15, 0.2) is 0 Å². The second-order valence-electron chi connectivity index (χ2n) is 4.98. The van der Waals surface area contributed by atoms with Crippen molar-refractivity contribution in [2.24, 2.45) is 11.7 Å². The van der Waals surface area contributed by atoms with Gasteiger partial charge in [0.1, 0.15) is 0 Å². The lowest BCUT2D eigenvalue weighted by atomic mass is 9.99. The first-order chi connectivity index (χ1) is 7.74. The minimum atomic E-state index is 0.351. The third kappa shape index (κ3) is 9.17. The molecule has 0 aliphatic heterocycles. The Balaban J connectivity index is 3.45. The van der Waals surface area contributed by atoms with Gasteiger partial charge in [0.25, 0.3) is 0 Å². The van der Waals surface area contributed by atoms with Gasteiger partial charge < -0.3 is 11.1 Å². The maximum absolute atomic E-state index is 6.03. The lowest BCUT2D eigenvalue weighted by molar-refractivity contribution is 0.406. The quantitative estimate of drug-likeness (QED) is 0.569. The summed E-state index contributed by atoms with van der Waals surface area (Å²) in [5.74, 6) is 0.846. The molecule has 0 bridgehead atoms. The summed E-state index contributed by atoms with van der Waals surface area (Å²) >= 11 is 0. The van der Waals surface area contributed by atoms with Crippen molar-refractivity contribution >= 4 is 0 Å². The zero-order chi connectivity index (χ0) is 12.2. The van der Waals surface area contributed by atoms with Gasteiger partial charge in [-0.05, 0) is 25.3 Å². The number of nitrogens with one attached hydrogen (secondary N) is 1. The van der Waals surface area contributed by atoms with E-state index in [0.717, 1.165) is 25.4 Å². The van der Waals surface area contributed by atoms with E-state index in [2.05, 4.69) is 26.1 Å². The van der Waals surface area contributed by atoms with Crippen LogP contribution in [0.3, 0.4) is 0 Å². The van der Waals surface area contributed by atoms with Gasteiger partial charge in [-0.1, -0.05) is 52.9 Å². The summed E-state index contributed by atoms with van der Waals surface area (Å²) in [5, 5.41) is 3.53. The number of nitrogens with two attached hydrogens (primary N) is 1. The maximum Gasteiger partial charge on any atom is 0.0165 e. The number of unbranched alkanes of at least 4 members (excludes halogenated alkanes) is 2. The highest BCUT2D eigenvalue weighted by atomic mass is 14.9. The van der Waals surface area contributed by atoms with Crippen LogP contribution in [0.25, 0.3) is 0 Å². The Hall–Kier alpha value is -0.0800. The zero-order valence-corrected chi connectivity index (χ0v) is 11.6. The second-order valence-corrected chi connectivity index (χ2v) is 4.98. The average Bonchev–Trinajstić information content (AvgIpc) is 2.30. The lowest BCUT2D eigenvalue weighted by Gasteiger charge is -2.17. The van der Waals surface area contributed by atoms with E-state index in [1.54, 1.807) is 0 Å². The molecule has 0 heterocycles. The molecule has 0 spiro atoms. The van der Waals surface area contributed by atoms with Crippen LogP contribution >= 0.6 is 0 Å². The Kier molecular flexibility index (Phi) is 11.3. The molecule has 0 aromatic carbocycles. The van der Waals surface area contributed by atoms with Gasteiger partial charge in [-0.2, -0.15) is 0 Å². The largest absolute Gasteiger partial charge is 0.327 e.